The Morgan fingerprint density at radius 3 is 2.78 bits per heavy atom. The molecule has 1 aliphatic heterocycles. The number of nitrogens with one attached hydrogen (secondary N) is 3. The van der Waals surface area contributed by atoms with Crippen LogP contribution in [0.1, 0.15) is 36.5 Å². The molecular formula is C20H22ClFN6O3S. The summed E-state index contributed by atoms with van der Waals surface area (Å²) in [5, 5.41) is 10.4. The molecule has 4 rings (SSSR count). The van der Waals surface area contributed by atoms with Gasteiger partial charge in [0.25, 0.3) is 5.91 Å². The smallest absolute Gasteiger partial charge is 0.260 e. The molecule has 170 valence electrons. The summed E-state index contributed by atoms with van der Waals surface area (Å²) in [5.74, 6) is -1.30. The van der Waals surface area contributed by atoms with Crippen LogP contribution < -0.4 is 14.9 Å². The summed E-state index contributed by atoms with van der Waals surface area (Å²) in [6, 6.07) is 4.16. The predicted molar refractivity (Wildman–Crippen MR) is 122 cm³/mol. The second kappa shape index (κ2) is 8.91. The number of anilines is 3. The maximum atomic E-state index is 15.0. The summed E-state index contributed by atoms with van der Waals surface area (Å²) in [4.78, 5) is 19.2. The van der Waals surface area contributed by atoms with Crippen molar-refractivity contribution >= 4 is 55.8 Å². The number of hydrogen-bond acceptors (Lipinski definition) is 6. The van der Waals surface area contributed by atoms with Crippen LogP contribution >= 0.6 is 11.6 Å². The highest BCUT2D eigenvalue weighted by Crippen LogP contribution is 2.30. The second-order valence-electron chi connectivity index (χ2n) is 7.52. The van der Waals surface area contributed by atoms with Crippen molar-refractivity contribution in [1.82, 2.24) is 15.2 Å². The second-order valence-corrected chi connectivity index (χ2v) is 9.77. The third-order valence-corrected chi connectivity index (χ3v) is 6.91. The number of carbonyl (C=O) groups is 1. The van der Waals surface area contributed by atoms with Crippen molar-refractivity contribution in [2.45, 2.75) is 26.2 Å². The van der Waals surface area contributed by atoms with E-state index in [0.29, 0.717) is 17.8 Å². The fourth-order valence-electron chi connectivity index (χ4n) is 3.65. The molecule has 0 unspecified atom stereocenters. The molecule has 3 N–H and O–H groups in total. The Hall–Kier alpha value is -2.92. The Kier molecular flexibility index (Phi) is 6.20. The lowest BCUT2D eigenvalue weighted by atomic mass is 10.1. The molecule has 1 aromatic carbocycles. The number of fused-ring (bicyclic) bond motifs is 1. The summed E-state index contributed by atoms with van der Waals surface area (Å²) >= 11 is 6.07. The van der Waals surface area contributed by atoms with E-state index in [1.807, 2.05) is 0 Å². The fourth-order valence-corrected chi connectivity index (χ4v) is 5.01. The Labute approximate surface area is 189 Å². The quantitative estimate of drug-likeness (QED) is 0.473. The number of aromatic amines is 1. The highest BCUT2D eigenvalue weighted by atomic mass is 35.5. The maximum Gasteiger partial charge on any atom is 0.260 e. The van der Waals surface area contributed by atoms with Crippen molar-refractivity contribution in [3.05, 3.63) is 40.8 Å². The van der Waals surface area contributed by atoms with Crippen molar-refractivity contribution < 1.29 is 17.6 Å². The number of aromatic nitrogens is 3. The molecule has 0 atom stereocenters. The summed E-state index contributed by atoms with van der Waals surface area (Å²) < 4.78 is 41.2. The monoisotopic (exact) mass is 480 g/mol. The number of nitrogens with zero attached hydrogens (tertiary/aromatic N) is 3. The predicted octanol–water partition coefficient (Wildman–Crippen LogP) is 3.75. The minimum Gasteiger partial charge on any atom is -0.355 e. The fraction of sp³-hybridized carbons (Fsp3) is 0.350. The van der Waals surface area contributed by atoms with Crippen molar-refractivity contribution in [3.63, 3.8) is 0 Å². The SMILES string of the molecule is CCCS(=O)(=O)Nc1ccc(Cl)c(C(=O)Nc2cnc3[nH]nc(N4CCCC4)c3c2)c1F. The molecule has 12 heteroatoms. The zero-order valence-electron chi connectivity index (χ0n) is 17.3. The molecule has 3 heterocycles. The van der Waals surface area contributed by atoms with Gasteiger partial charge in [-0.3, -0.25) is 14.6 Å². The van der Waals surface area contributed by atoms with E-state index < -0.39 is 27.3 Å². The van der Waals surface area contributed by atoms with Crippen LogP contribution in [0.2, 0.25) is 5.02 Å². The van der Waals surface area contributed by atoms with Gasteiger partial charge in [0.05, 0.1) is 39.3 Å². The van der Waals surface area contributed by atoms with E-state index in [0.717, 1.165) is 37.1 Å². The lowest BCUT2D eigenvalue weighted by molar-refractivity contribution is 0.102. The number of amides is 1. The number of hydrogen-bond donors (Lipinski definition) is 3. The van der Waals surface area contributed by atoms with Crippen molar-refractivity contribution in [1.29, 1.82) is 0 Å². The average Bonchev–Trinajstić information content (AvgIpc) is 3.39. The van der Waals surface area contributed by atoms with E-state index >= 15 is 4.39 Å². The largest absolute Gasteiger partial charge is 0.355 e. The van der Waals surface area contributed by atoms with Gasteiger partial charge in [0.2, 0.25) is 10.0 Å². The van der Waals surface area contributed by atoms with Gasteiger partial charge in [0.1, 0.15) is 0 Å². The van der Waals surface area contributed by atoms with Crippen LogP contribution in [-0.4, -0.2) is 48.3 Å². The molecule has 0 radical (unpaired) electrons. The normalized spacial score (nSPS) is 14.2. The topological polar surface area (TPSA) is 120 Å². The standard InChI is InChI=1S/C20H22ClFN6O3S/c1-2-9-32(30,31)27-15-6-5-14(21)16(17(15)22)20(29)24-12-10-13-18(23-11-12)25-26-19(13)28-7-3-4-8-28/h5-6,10-11,27H,2-4,7-9H2,1H3,(H,24,29)(H,23,25,26). The van der Waals surface area contributed by atoms with Gasteiger partial charge in [-0.05, 0) is 37.5 Å². The first kappa shape index (κ1) is 22.3. The van der Waals surface area contributed by atoms with E-state index in [-0.39, 0.29) is 16.5 Å². The number of carbonyl (C=O) groups excluding carboxylic acids is 1. The van der Waals surface area contributed by atoms with Gasteiger partial charge in [0, 0.05) is 13.1 Å². The number of H-pyrrole nitrogens is 1. The van der Waals surface area contributed by atoms with Crippen LogP contribution in [-0.2, 0) is 10.0 Å². The summed E-state index contributed by atoms with van der Waals surface area (Å²) in [6.45, 7) is 3.46. The Morgan fingerprint density at radius 1 is 1.31 bits per heavy atom. The highest BCUT2D eigenvalue weighted by molar-refractivity contribution is 7.92. The number of sulfonamides is 1. The third kappa shape index (κ3) is 4.49. The molecule has 2 aromatic heterocycles. The minimum absolute atomic E-state index is 0.145. The first-order chi connectivity index (χ1) is 15.3. The number of pyridine rings is 1. The molecule has 0 spiro atoms. The Morgan fingerprint density at radius 2 is 2.06 bits per heavy atom. The maximum absolute atomic E-state index is 15.0. The van der Waals surface area contributed by atoms with E-state index in [1.54, 1.807) is 13.0 Å². The molecular weight excluding hydrogens is 459 g/mol. The lowest BCUT2D eigenvalue weighted by Crippen LogP contribution is -2.20. The highest BCUT2D eigenvalue weighted by Gasteiger charge is 2.23. The van der Waals surface area contributed by atoms with Crippen molar-refractivity contribution in [3.8, 4) is 0 Å². The molecule has 0 saturated carbocycles. The lowest BCUT2D eigenvalue weighted by Gasteiger charge is -2.14. The zero-order valence-corrected chi connectivity index (χ0v) is 18.9. The van der Waals surface area contributed by atoms with E-state index in [9.17, 15) is 13.2 Å². The van der Waals surface area contributed by atoms with Crippen LogP contribution in [0, 0.1) is 5.82 Å². The van der Waals surface area contributed by atoms with Gasteiger partial charge in [-0.1, -0.05) is 18.5 Å². The molecule has 0 bridgehead atoms. The first-order valence-corrected chi connectivity index (χ1v) is 12.2. The van der Waals surface area contributed by atoms with Crippen LogP contribution in [0.25, 0.3) is 11.0 Å². The van der Waals surface area contributed by atoms with E-state index in [2.05, 4.69) is 30.1 Å². The van der Waals surface area contributed by atoms with Crippen LogP contribution in [0.4, 0.5) is 21.6 Å². The molecule has 1 aliphatic rings. The minimum atomic E-state index is -3.74. The van der Waals surface area contributed by atoms with E-state index in [1.165, 1.54) is 18.3 Å². The number of benzene rings is 1. The molecule has 1 saturated heterocycles. The number of halogens is 2. The van der Waals surface area contributed by atoms with Crippen molar-refractivity contribution in [2.24, 2.45) is 0 Å². The third-order valence-electron chi connectivity index (χ3n) is 5.12. The Bertz CT molecular complexity index is 1270. The molecule has 0 aliphatic carbocycles. The van der Waals surface area contributed by atoms with Gasteiger partial charge in [-0.25, -0.2) is 17.8 Å². The molecule has 3 aromatic rings. The van der Waals surface area contributed by atoms with Gasteiger partial charge < -0.3 is 10.2 Å². The average molecular weight is 481 g/mol. The van der Waals surface area contributed by atoms with Gasteiger partial charge in [0.15, 0.2) is 17.3 Å². The molecule has 32 heavy (non-hydrogen) atoms. The van der Waals surface area contributed by atoms with Crippen LogP contribution in [0.3, 0.4) is 0 Å². The first-order valence-electron chi connectivity index (χ1n) is 10.2. The van der Waals surface area contributed by atoms with Crippen LogP contribution in [0.5, 0.6) is 0 Å². The molecule has 9 nitrogen and oxygen atoms in total. The molecule has 1 amide bonds. The van der Waals surface area contributed by atoms with Gasteiger partial charge in [-0.2, -0.15) is 5.10 Å². The van der Waals surface area contributed by atoms with Gasteiger partial charge >= 0.3 is 0 Å². The van der Waals surface area contributed by atoms with E-state index in [4.69, 9.17) is 11.6 Å². The van der Waals surface area contributed by atoms with Crippen molar-refractivity contribution in [2.75, 3.05) is 33.8 Å². The summed E-state index contributed by atoms with van der Waals surface area (Å²) in [6.07, 6.45) is 3.94. The summed E-state index contributed by atoms with van der Waals surface area (Å²) in [5.41, 5.74) is 0.0985. The summed E-state index contributed by atoms with van der Waals surface area (Å²) in [7, 11) is -3.74. The zero-order chi connectivity index (χ0) is 22.9. The molecule has 1 fully saturated rings. The Balaban J connectivity index is 1.62. The number of rotatable bonds is 7. The van der Waals surface area contributed by atoms with Gasteiger partial charge in [-0.15, -0.1) is 0 Å². The van der Waals surface area contributed by atoms with Crippen LogP contribution in [0.15, 0.2) is 24.4 Å².